The van der Waals surface area contributed by atoms with Gasteiger partial charge in [-0.15, -0.1) is 0 Å². The highest BCUT2D eigenvalue weighted by Crippen LogP contribution is 2.38. The molecule has 0 bridgehead atoms. The van der Waals surface area contributed by atoms with E-state index in [1.165, 1.54) is 12.4 Å². The molecule has 1 heterocycles. The van der Waals surface area contributed by atoms with Crippen molar-refractivity contribution in [3.05, 3.63) is 45.9 Å². The quantitative estimate of drug-likeness (QED) is 0.371. The molecular formula is C17H15BrClFN4O4. The molecule has 0 aliphatic heterocycles. The summed E-state index contributed by atoms with van der Waals surface area (Å²) in [5.41, 5.74) is 2.80. The van der Waals surface area contributed by atoms with Crippen LogP contribution in [0.5, 0.6) is 5.75 Å². The molecule has 148 valence electrons. The maximum Gasteiger partial charge on any atom is 0.436 e. The average molecular weight is 474 g/mol. The molecule has 0 saturated carbocycles. The van der Waals surface area contributed by atoms with E-state index in [0.717, 1.165) is 4.47 Å². The van der Waals surface area contributed by atoms with Crippen LogP contribution in [0.2, 0.25) is 5.02 Å². The van der Waals surface area contributed by atoms with Crippen molar-refractivity contribution >= 4 is 56.0 Å². The van der Waals surface area contributed by atoms with Gasteiger partial charge in [0.05, 0.1) is 35.8 Å². The summed E-state index contributed by atoms with van der Waals surface area (Å²) in [5.74, 6) is -0.811. The van der Waals surface area contributed by atoms with Gasteiger partial charge >= 0.3 is 6.09 Å². The van der Waals surface area contributed by atoms with Gasteiger partial charge in [-0.25, -0.2) is 14.2 Å². The number of nitrogens with one attached hydrogen (secondary N) is 2. The van der Waals surface area contributed by atoms with Crippen LogP contribution in [-0.2, 0) is 11.9 Å². The highest BCUT2D eigenvalue weighted by molar-refractivity contribution is 9.10. The van der Waals surface area contributed by atoms with Gasteiger partial charge in [0.2, 0.25) is 0 Å². The topological polar surface area (TPSA) is 97.6 Å². The lowest BCUT2D eigenvalue weighted by atomic mass is 10.2. The lowest BCUT2D eigenvalue weighted by Gasteiger charge is -2.15. The highest BCUT2D eigenvalue weighted by Gasteiger charge is 2.21. The molecule has 0 aliphatic carbocycles. The van der Waals surface area contributed by atoms with Crippen LogP contribution in [0.4, 0.5) is 20.6 Å². The minimum Gasteiger partial charge on any atom is -0.406 e. The Bertz CT molecular complexity index is 1030. The Morgan fingerprint density at radius 1 is 1.43 bits per heavy atom. The number of carbonyl (C=O) groups is 1. The number of benzene rings is 2. The third-order valence-electron chi connectivity index (χ3n) is 3.67. The van der Waals surface area contributed by atoms with E-state index in [1.54, 1.807) is 29.8 Å². The van der Waals surface area contributed by atoms with Gasteiger partial charge in [-0.05, 0) is 18.2 Å². The number of aliphatic hydroxyl groups is 1. The first kappa shape index (κ1) is 20.3. The summed E-state index contributed by atoms with van der Waals surface area (Å²) < 4.78 is 22.7. The number of halogens is 3. The van der Waals surface area contributed by atoms with Gasteiger partial charge in [0.15, 0.2) is 11.6 Å². The van der Waals surface area contributed by atoms with Gasteiger partial charge in [0, 0.05) is 17.6 Å². The zero-order chi connectivity index (χ0) is 20.3. The number of anilines is 2. The Balaban J connectivity index is 2.00. The predicted molar refractivity (Wildman–Crippen MR) is 105 cm³/mol. The zero-order valence-corrected chi connectivity index (χ0v) is 16.8. The normalized spacial score (nSPS) is 10.9. The number of hydrogen-bond donors (Lipinski definition) is 3. The number of rotatable bonds is 6. The van der Waals surface area contributed by atoms with Crippen molar-refractivity contribution < 1.29 is 23.9 Å². The third-order valence-corrected chi connectivity index (χ3v) is 4.47. The molecule has 0 spiro atoms. The Kier molecular flexibility index (Phi) is 6.35. The van der Waals surface area contributed by atoms with E-state index < -0.39 is 11.9 Å². The number of imidazole rings is 1. The SMILES string of the molecule is Cn1cnc2c(F)c(Nc3ccc(Br)cc3Cl)c(OC(=O)NOCCO)cc21. The molecule has 3 N–H and O–H groups in total. The number of aryl methyl sites for hydroxylation is 1. The van der Waals surface area contributed by atoms with Gasteiger partial charge in [-0.3, -0.25) is 4.84 Å². The molecule has 3 rings (SSSR count). The fourth-order valence-corrected chi connectivity index (χ4v) is 3.12. The van der Waals surface area contributed by atoms with E-state index in [1.807, 2.05) is 5.48 Å². The summed E-state index contributed by atoms with van der Waals surface area (Å²) >= 11 is 9.50. The van der Waals surface area contributed by atoms with Crippen LogP contribution in [-0.4, -0.2) is 34.0 Å². The summed E-state index contributed by atoms with van der Waals surface area (Å²) in [4.78, 5) is 20.7. The van der Waals surface area contributed by atoms with Crippen molar-refractivity contribution in [3.63, 3.8) is 0 Å². The number of amides is 1. The molecule has 0 aliphatic rings. The molecule has 28 heavy (non-hydrogen) atoms. The molecule has 1 aromatic heterocycles. The number of hydroxylamine groups is 1. The molecule has 2 aromatic carbocycles. The van der Waals surface area contributed by atoms with Crippen LogP contribution >= 0.6 is 27.5 Å². The minimum absolute atomic E-state index is 0.0994. The molecule has 0 radical (unpaired) electrons. The van der Waals surface area contributed by atoms with Crippen LogP contribution in [0.1, 0.15) is 0 Å². The maximum absolute atomic E-state index is 15.1. The van der Waals surface area contributed by atoms with E-state index in [-0.39, 0.29) is 30.2 Å². The molecule has 3 aromatic rings. The molecule has 0 unspecified atom stereocenters. The fourth-order valence-electron chi connectivity index (χ4n) is 2.40. The lowest BCUT2D eigenvalue weighted by molar-refractivity contribution is 0.0246. The minimum atomic E-state index is -0.987. The second-order valence-corrected chi connectivity index (χ2v) is 6.92. The molecule has 11 heteroatoms. The van der Waals surface area contributed by atoms with Crippen molar-refractivity contribution in [1.29, 1.82) is 0 Å². The van der Waals surface area contributed by atoms with Gasteiger partial charge < -0.3 is 19.7 Å². The maximum atomic E-state index is 15.1. The lowest BCUT2D eigenvalue weighted by Crippen LogP contribution is -2.28. The van der Waals surface area contributed by atoms with Crippen molar-refractivity contribution in [1.82, 2.24) is 15.0 Å². The summed E-state index contributed by atoms with van der Waals surface area (Å²) in [6.07, 6.45) is 0.456. The zero-order valence-electron chi connectivity index (χ0n) is 14.5. The number of aliphatic hydroxyl groups excluding tert-OH is 1. The monoisotopic (exact) mass is 472 g/mol. The van der Waals surface area contributed by atoms with Crippen molar-refractivity contribution in [2.24, 2.45) is 7.05 Å². The van der Waals surface area contributed by atoms with Crippen molar-refractivity contribution in [3.8, 4) is 5.75 Å². The molecule has 0 saturated heterocycles. The second kappa shape index (κ2) is 8.74. The predicted octanol–water partition coefficient (Wildman–Crippen LogP) is 3.88. The Morgan fingerprint density at radius 3 is 2.93 bits per heavy atom. The van der Waals surface area contributed by atoms with E-state index >= 15 is 4.39 Å². The smallest absolute Gasteiger partial charge is 0.406 e. The number of carbonyl (C=O) groups excluding carboxylic acids is 1. The van der Waals surface area contributed by atoms with Crippen LogP contribution in [0.25, 0.3) is 11.0 Å². The standard InChI is InChI=1S/C17H15BrClFN4O4/c1-24-8-21-15-12(24)7-13(28-17(26)23-27-5-4-25)16(14(15)20)22-11-3-2-9(18)6-10(11)19/h2-3,6-8,22,25H,4-5H2,1H3,(H,23,26). The molecule has 8 nitrogen and oxygen atoms in total. The van der Waals surface area contributed by atoms with Crippen LogP contribution in [0, 0.1) is 5.82 Å². The largest absolute Gasteiger partial charge is 0.436 e. The second-order valence-electron chi connectivity index (χ2n) is 5.60. The first-order valence-corrected chi connectivity index (χ1v) is 9.14. The Hall–Kier alpha value is -2.40. The van der Waals surface area contributed by atoms with Crippen LogP contribution < -0.4 is 15.5 Å². The van der Waals surface area contributed by atoms with E-state index in [0.29, 0.717) is 16.2 Å². The average Bonchev–Trinajstić information content (AvgIpc) is 3.01. The Morgan fingerprint density at radius 2 is 2.21 bits per heavy atom. The van der Waals surface area contributed by atoms with Crippen molar-refractivity contribution in [2.75, 3.05) is 18.5 Å². The fraction of sp³-hybridized carbons (Fsp3) is 0.176. The number of hydrogen-bond acceptors (Lipinski definition) is 6. The third kappa shape index (κ3) is 4.36. The van der Waals surface area contributed by atoms with Gasteiger partial charge in [-0.2, -0.15) is 5.48 Å². The number of fused-ring (bicyclic) bond motifs is 1. The van der Waals surface area contributed by atoms with Gasteiger partial charge in [0.1, 0.15) is 11.2 Å². The first-order chi connectivity index (χ1) is 13.4. The van der Waals surface area contributed by atoms with Gasteiger partial charge in [-0.1, -0.05) is 27.5 Å². The van der Waals surface area contributed by atoms with E-state index in [2.05, 4.69) is 26.2 Å². The Labute approximate surface area is 172 Å². The molecular weight excluding hydrogens is 459 g/mol. The van der Waals surface area contributed by atoms with E-state index in [9.17, 15) is 4.79 Å². The summed E-state index contributed by atoms with van der Waals surface area (Å²) in [6, 6.07) is 6.47. The summed E-state index contributed by atoms with van der Waals surface area (Å²) in [7, 11) is 1.68. The number of nitrogens with zero attached hydrogens (tertiary/aromatic N) is 2. The molecule has 0 fully saturated rings. The van der Waals surface area contributed by atoms with Gasteiger partial charge in [0.25, 0.3) is 0 Å². The highest BCUT2D eigenvalue weighted by atomic mass is 79.9. The van der Waals surface area contributed by atoms with E-state index in [4.69, 9.17) is 26.3 Å². The summed E-state index contributed by atoms with van der Waals surface area (Å²) in [5, 5.41) is 11.9. The molecule has 0 atom stereocenters. The first-order valence-electron chi connectivity index (χ1n) is 7.96. The number of aromatic nitrogens is 2. The number of ether oxygens (including phenoxy) is 1. The van der Waals surface area contributed by atoms with Crippen molar-refractivity contribution in [2.45, 2.75) is 0 Å². The van der Waals surface area contributed by atoms with Crippen LogP contribution in [0.15, 0.2) is 35.1 Å². The van der Waals surface area contributed by atoms with Crippen LogP contribution in [0.3, 0.4) is 0 Å². The summed E-state index contributed by atoms with van der Waals surface area (Å²) in [6.45, 7) is -0.408. The molecule has 1 amide bonds.